The molecule has 2 N–H and O–H groups in total. The van der Waals surface area contributed by atoms with Gasteiger partial charge in [0.1, 0.15) is 0 Å². The van der Waals surface area contributed by atoms with E-state index in [0.29, 0.717) is 5.11 Å². The van der Waals surface area contributed by atoms with Crippen LogP contribution in [-0.2, 0) is 4.74 Å². The van der Waals surface area contributed by atoms with Crippen molar-refractivity contribution in [3.05, 3.63) is 18.2 Å². The Kier molecular flexibility index (Phi) is 3.93. The number of benzene rings is 1. The van der Waals surface area contributed by atoms with E-state index in [9.17, 15) is 0 Å². The Morgan fingerprint density at radius 2 is 2.20 bits per heavy atom. The third-order valence-electron chi connectivity index (χ3n) is 3.51. The second-order valence-corrected chi connectivity index (χ2v) is 5.41. The van der Waals surface area contributed by atoms with Gasteiger partial charge in [-0.2, -0.15) is 0 Å². The van der Waals surface area contributed by atoms with Gasteiger partial charge >= 0.3 is 0 Å². The summed E-state index contributed by atoms with van der Waals surface area (Å²) in [4.78, 5) is 0. The Bertz CT molecular complexity index is 503. The van der Waals surface area contributed by atoms with Crippen LogP contribution in [0.25, 0.3) is 0 Å². The molecule has 20 heavy (non-hydrogen) atoms. The molecule has 2 heterocycles. The van der Waals surface area contributed by atoms with Gasteiger partial charge in [0.25, 0.3) is 0 Å². The van der Waals surface area contributed by atoms with Gasteiger partial charge in [-0.05, 0) is 44.1 Å². The molecule has 0 aliphatic carbocycles. The molecule has 2 aliphatic rings. The average Bonchev–Trinajstić information content (AvgIpc) is 3.09. The number of nitrogens with one attached hydrogen (secondary N) is 2. The standard InChI is InChI=1S/C14H18N2O3S/c1-9(11-3-2-6-17-11)15-14(20)16-10-4-5-12-13(7-10)19-8-18-12/h4-5,7,9,11H,2-3,6,8H2,1H3,(H2,15,16,20)/t9-,11+/m1/s1. The fraction of sp³-hybridized carbons (Fsp3) is 0.500. The van der Waals surface area contributed by atoms with E-state index in [2.05, 4.69) is 17.6 Å². The summed E-state index contributed by atoms with van der Waals surface area (Å²) < 4.78 is 16.3. The Balaban J connectivity index is 1.55. The van der Waals surface area contributed by atoms with Crippen molar-refractivity contribution < 1.29 is 14.2 Å². The quantitative estimate of drug-likeness (QED) is 0.834. The normalized spacial score (nSPS) is 21.6. The summed E-state index contributed by atoms with van der Waals surface area (Å²) in [6.45, 7) is 3.21. The zero-order chi connectivity index (χ0) is 13.9. The average molecular weight is 294 g/mol. The zero-order valence-corrected chi connectivity index (χ0v) is 12.2. The summed E-state index contributed by atoms with van der Waals surface area (Å²) in [5, 5.41) is 7.01. The summed E-state index contributed by atoms with van der Waals surface area (Å²) in [5.74, 6) is 1.51. The first kappa shape index (κ1) is 13.5. The largest absolute Gasteiger partial charge is 0.454 e. The van der Waals surface area contributed by atoms with Crippen molar-refractivity contribution in [1.29, 1.82) is 0 Å². The molecule has 3 rings (SSSR count). The first-order chi connectivity index (χ1) is 9.72. The molecular formula is C14H18N2O3S. The van der Waals surface area contributed by atoms with Gasteiger partial charge in [-0.1, -0.05) is 0 Å². The predicted molar refractivity (Wildman–Crippen MR) is 80.4 cm³/mol. The molecule has 1 saturated heterocycles. The van der Waals surface area contributed by atoms with Crippen molar-refractivity contribution in [2.45, 2.75) is 31.9 Å². The molecular weight excluding hydrogens is 276 g/mol. The molecule has 5 nitrogen and oxygen atoms in total. The highest BCUT2D eigenvalue weighted by molar-refractivity contribution is 7.80. The van der Waals surface area contributed by atoms with E-state index in [4.69, 9.17) is 26.4 Å². The van der Waals surface area contributed by atoms with Crippen LogP contribution in [0, 0.1) is 0 Å². The molecule has 0 saturated carbocycles. The Hall–Kier alpha value is -1.53. The van der Waals surface area contributed by atoms with Gasteiger partial charge in [-0.15, -0.1) is 0 Å². The van der Waals surface area contributed by atoms with Crippen LogP contribution < -0.4 is 20.1 Å². The van der Waals surface area contributed by atoms with E-state index >= 15 is 0 Å². The van der Waals surface area contributed by atoms with Crippen LogP contribution in [0.5, 0.6) is 11.5 Å². The molecule has 108 valence electrons. The maximum absolute atomic E-state index is 5.64. The van der Waals surface area contributed by atoms with Crippen molar-refractivity contribution in [3.63, 3.8) is 0 Å². The molecule has 0 radical (unpaired) electrons. The van der Waals surface area contributed by atoms with Crippen molar-refractivity contribution in [2.24, 2.45) is 0 Å². The predicted octanol–water partition coefficient (Wildman–Crippen LogP) is 2.27. The lowest BCUT2D eigenvalue weighted by molar-refractivity contribution is 0.0895. The van der Waals surface area contributed by atoms with Gasteiger partial charge in [-0.3, -0.25) is 0 Å². The minimum atomic E-state index is 0.200. The number of anilines is 1. The summed E-state index contributed by atoms with van der Waals surface area (Å²) in [6.07, 6.45) is 2.45. The molecule has 6 heteroatoms. The van der Waals surface area contributed by atoms with E-state index in [1.54, 1.807) is 0 Å². The summed E-state index contributed by atoms with van der Waals surface area (Å²) in [5.41, 5.74) is 0.881. The summed E-state index contributed by atoms with van der Waals surface area (Å²) in [7, 11) is 0. The summed E-state index contributed by atoms with van der Waals surface area (Å²) >= 11 is 5.33. The first-order valence-corrected chi connectivity index (χ1v) is 7.22. The fourth-order valence-corrected chi connectivity index (χ4v) is 2.74. The number of ether oxygens (including phenoxy) is 3. The molecule has 0 unspecified atom stereocenters. The molecule has 0 aromatic heterocycles. The van der Waals surface area contributed by atoms with E-state index in [1.807, 2.05) is 18.2 Å². The fourth-order valence-electron chi connectivity index (χ4n) is 2.44. The molecule has 0 amide bonds. The van der Waals surface area contributed by atoms with Gasteiger partial charge in [0.05, 0.1) is 12.1 Å². The van der Waals surface area contributed by atoms with Crippen molar-refractivity contribution in [3.8, 4) is 11.5 Å². The Labute approximate surface area is 123 Å². The maximum Gasteiger partial charge on any atom is 0.231 e. The van der Waals surface area contributed by atoms with Crippen LogP contribution >= 0.6 is 12.2 Å². The van der Waals surface area contributed by atoms with Crippen LogP contribution in [-0.4, -0.2) is 30.7 Å². The van der Waals surface area contributed by atoms with E-state index < -0.39 is 0 Å². The van der Waals surface area contributed by atoms with Crippen LogP contribution in [0.2, 0.25) is 0 Å². The third-order valence-corrected chi connectivity index (χ3v) is 3.73. The Morgan fingerprint density at radius 1 is 1.35 bits per heavy atom. The minimum Gasteiger partial charge on any atom is -0.454 e. The van der Waals surface area contributed by atoms with Gasteiger partial charge in [0, 0.05) is 18.4 Å². The van der Waals surface area contributed by atoms with Gasteiger partial charge in [0.2, 0.25) is 6.79 Å². The number of fused-ring (bicyclic) bond motifs is 1. The number of thiocarbonyl (C=S) groups is 1. The lowest BCUT2D eigenvalue weighted by atomic mass is 10.1. The van der Waals surface area contributed by atoms with Crippen LogP contribution in [0.3, 0.4) is 0 Å². The molecule has 1 fully saturated rings. The van der Waals surface area contributed by atoms with Crippen molar-refractivity contribution in [1.82, 2.24) is 5.32 Å². The maximum atomic E-state index is 5.64. The second kappa shape index (κ2) is 5.85. The monoisotopic (exact) mass is 294 g/mol. The van der Waals surface area contributed by atoms with Crippen molar-refractivity contribution >= 4 is 23.0 Å². The van der Waals surface area contributed by atoms with E-state index in [0.717, 1.165) is 36.6 Å². The van der Waals surface area contributed by atoms with Crippen LogP contribution in [0.4, 0.5) is 5.69 Å². The number of hydrogen-bond acceptors (Lipinski definition) is 4. The molecule has 2 atom stereocenters. The zero-order valence-electron chi connectivity index (χ0n) is 11.3. The molecule has 2 aliphatic heterocycles. The van der Waals surface area contributed by atoms with Crippen LogP contribution in [0.1, 0.15) is 19.8 Å². The third kappa shape index (κ3) is 2.96. The topological polar surface area (TPSA) is 51.8 Å². The second-order valence-electron chi connectivity index (χ2n) is 5.01. The first-order valence-electron chi connectivity index (χ1n) is 6.81. The minimum absolute atomic E-state index is 0.200. The highest BCUT2D eigenvalue weighted by atomic mass is 32.1. The number of hydrogen-bond donors (Lipinski definition) is 2. The SMILES string of the molecule is C[C@@H](NC(=S)Nc1ccc2c(c1)OCO2)[C@@H]1CCCO1. The van der Waals surface area contributed by atoms with Gasteiger partial charge in [-0.25, -0.2) is 0 Å². The molecule has 0 spiro atoms. The molecule has 1 aromatic carbocycles. The van der Waals surface area contributed by atoms with Gasteiger partial charge < -0.3 is 24.8 Å². The lowest BCUT2D eigenvalue weighted by Crippen LogP contribution is -2.42. The van der Waals surface area contributed by atoms with Crippen LogP contribution in [0.15, 0.2) is 18.2 Å². The van der Waals surface area contributed by atoms with E-state index in [1.165, 1.54) is 0 Å². The smallest absolute Gasteiger partial charge is 0.231 e. The Morgan fingerprint density at radius 3 is 3.00 bits per heavy atom. The molecule has 1 aromatic rings. The van der Waals surface area contributed by atoms with Crippen molar-refractivity contribution in [2.75, 3.05) is 18.7 Å². The lowest BCUT2D eigenvalue weighted by Gasteiger charge is -2.22. The summed E-state index contributed by atoms with van der Waals surface area (Å²) in [6, 6.07) is 5.87. The van der Waals surface area contributed by atoms with E-state index in [-0.39, 0.29) is 18.9 Å². The molecule has 0 bridgehead atoms. The van der Waals surface area contributed by atoms with Gasteiger partial charge in [0.15, 0.2) is 16.6 Å². The highest BCUT2D eigenvalue weighted by Gasteiger charge is 2.22. The number of rotatable bonds is 3. The highest BCUT2D eigenvalue weighted by Crippen LogP contribution is 2.34.